The first-order chi connectivity index (χ1) is 1.73. The van der Waals surface area contributed by atoms with Crippen molar-refractivity contribution in [3.63, 3.8) is 0 Å². The van der Waals surface area contributed by atoms with Gasteiger partial charge in [-0.2, -0.15) is 0 Å². The summed E-state index contributed by atoms with van der Waals surface area (Å²) in [6, 6.07) is 0. The van der Waals surface area contributed by atoms with Gasteiger partial charge >= 0.3 is 0 Å². The van der Waals surface area contributed by atoms with Crippen LogP contribution < -0.4 is 0 Å². The fraction of sp³-hybridized carbons (Fsp3) is 0.500. The van der Waals surface area contributed by atoms with E-state index >= 15 is 0 Å². The molecule has 0 fully saturated rings. The van der Waals surface area contributed by atoms with Crippen molar-refractivity contribution in [1.29, 1.82) is 0 Å². The van der Waals surface area contributed by atoms with Crippen LogP contribution in [0.3, 0.4) is 0 Å². The molecule has 0 unspecified atom stereocenters. The Balaban J connectivity index is 2.80. The summed E-state index contributed by atoms with van der Waals surface area (Å²) in [6.45, 7) is 1.44. The second kappa shape index (κ2) is 1.42. The van der Waals surface area contributed by atoms with E-state index in [0.717, 1.165) is 0 Å². The first-order valence-corrected chi connectivity index (χ1v) is 1.45. The Hall–Kier alpha value is 0.100. The molecule has 0 aliphatic rings. The molecular formula is C2H4OP. The van der Waals surface area contributed by atoms with E-state index in [1.807, 2.05) is 0 Å². The zero-order valence-corrected chi connectivity index (χ0v) is 3.41. The number of rotatable bonds is 0. The number of carbonyl (C=O) groups excluding carboxylic acids is 1. The van der Waals surface area contributed by atoms with Crippen molar-refractivity contribution < 1.29 is 4.79 Å². The summed E-state index contributed by atoms with van der Waals surface area (Å²) in [5.74, 6) is 0. The third-order valence-electron chi connectivity index (χ3n) is 0. The second-order valence-electron chi connectivity index (χ2n) is 0.556. The van der Waals surface area contributed by atoms with E-state index in [-0.39, 0.29) is 5.52 Å². The number of hydrogen-bond acceptors (Lipinski definition) is 1. The van der Waals surface area contributed by atoms with Crippen molar-refractivity contribution in [1.82, 2.24) is 0 Å². The summed E-state index contributed by atoms with van der Waals surface area (Å²) in [7, 11) is 2.67. The lowest BCUT2D eigenvalue weighted by Gasteiger charge is -1.55. The molecule has 0 aliphatic carbocycles. The number of hydrogen-bond donors (Lipinski definition) is 0. The topological polar surface area (TPSA) is 17.1 Å². The maximum Gasteiger partial charge on any atom is 0.152 e. The maximum absolute atomic E-state index is 9.36. The highest BCUT2D eigenvalue weighted by Gasteiger charge is 1.63. The van der Waals surface area contributed by atoms with E-state index < -0.39 is 0 Å². The molecular weight excluding hydrogens is 71.0 g/mol. The minimum Gasteiger partial charge on any atom is -0.295 e. The maximum atomic E-state index is 9.36. The summed E-state index contributed by atoms with van der Waals surface area (Å²) in [5, 5.41) is 0. The summed E-state index contributed by atoms with van der Waals surface area (Å²) in [6.07, 6.45) is 0. The molecule has 1 radical (unpaired) electrons. The lowest BCUT2D eigenvalue weighted by Crippen LogP contribution is -1.60. The standard InChI is InChI=1S/C2H4OP/c1-2(3)4/h4H,1H3. The van der Waals surface area contributed by atoms with Crippen molar-refractivity contribution in [2.45, 2.75) is 6.92 Å². The predicted molar refractivity (Wildman–Crippen MR) is 19.0 cm³/mol. The van der Waals surface area contributed by atoms with E-state index in [1.165, 1.54) is 6.92 Å². The molecule has 2 heteroatoms. The normalized spacial score (nSPS) is 6.50. The quantitative estimate of drug-likeness (QED) is 0.387. The molecule has 23 valence electrons. The molecule has 0 aromatic heterocycles. The van der Waals surface area contributed by atoms with Gasteiger partial charge in [0.1, 0.15) is 0 Å². The minimum atomic E-state index is -0.0278. The molecule has 1 nitrogen and oxygen atoms in total. The smallest absolute Gasteiger partial charge is 0.152 e. The third kappa shape index (κ3) is 254. The van der Waals surface area contributed by atoms with Crippen molar-refractivity contribution in [3.8, 4) is 0 Å². The highest BCUT2D eigenvalue weighted by molar-refractivity contribution is 7.39. The molecule has 0 rings (SSSR count). The Morgan fingerprint density at radius 2 is 2.00 bits per heavy atom. The first-order valence-electron chi connectivity index (χ1n) is 0.954. The lowest BCUT2D eigenvalue weighted by molar-refractivity contribution is -0.109. The van der Waals surface area contributed by atoms with E-state index in [4.69, 9.17) is 0 Å². The fourth-order valence-electron chi connectivity index (χ4n) is 0. The SMILES string of the molecule is CC(=O)[PH]. The molecule has 0 spiro atoms. The van der Waals surface area contributed by atoms with Gasteiger partial charge in [-0.05, 0) is 16.2 Å². The molecule has 0 saturated heterocycles. The van der Waals surface area contributed by atoms with E-state index in [2.05, 4.69) is 9.24 Å². The van der Waals surface area contributed by atoms with Gasteiger partial charge in [0.2, 0.25) is 0 Å². The van der Waals surface area contributed by atoms with E-state index in [9.17, 15) is 4.79 Å². The van der Waals surface area contributed by atoms with Gasteiger partial charge < -0.3 is 0 Å². The Morgan fingerprint density at radius 1 is 2.00 bits per heavy atom. The zero-order chi connectivity index (χ0) is 3.58. The van der Waals surface area contributed by atoms with Crippen molar-refractivity contribution >= 4 is 14.8 Å². The van der Waals surface area contributed by atoms with Gasteiger partial charge in [-0.1, -0.05) is 0 Å². The highest BCUT2D eigenvalue weighted by Crippen LogP contribution is 1.74. The van der Waals surface area contributed by atoms with Crippen molar-refractivity contribution in [2.75, 3.05) is 0 Å². The summed E-state index contributed by atoms with van der Waals surface area (Å²) < 4.78 is 0. The van der Waals surface area contributed by atoms with Crippen LogP contribution >= 0.6 is 9.24 Å². The largest absolute Gasteiger partial charge is 0.295 e. The first kappa shape index (κ1) is 4.10. The predicted octanol–water partition coefficient (Wildman–Crippen LogP) is 0.676. The van der Waals surface area contributed by atoms with Crippen molar-refractivity contribution in [3.05, 3.63) is 0 Å². The van der Waals surface area contributed by atoms with Crippen LogP contribution in [-0.2, 0) is 4.79 Å². The Bertz CT molecular complexity index is 29.0. The minimum absolute atomic E-state index is 0.0278. The van der Waals surface area contributed by atoms with Crippen LogP contribution in [0.2, 0.25) is 0 Å². The van der Waals surface area contributed by atoms with Crippen LogP contribution in [0.4, 0.5) is 0 Å². The third-order valence-corrected chi connectivity index (χ3v) is 0. The molecule has 4 heavy (non-hydrogen) atoms. The van der Waals surface area contributed by atoms with Crippen molar-refractivity contribution in [2.24, 2.45) is 0 Å². The van der Waals surface area contributed by atoms with Crippen LogP contribution in [-0.4, -0.2) is 5.52 Å². The highest BCUT2D eigenvalue weighted by atomic mass is 31.0. The van der Waals surface area contributed by atoms with Crippen LogP contribution in [0, 0.1) is 0 Å². The van der Waals surface area contributed by atoms with E-state index in [1.54, 1.807) is 0 Å². The van der Waals surface area contributed by atoms with Gasteiger partial charge in [0, 0.05) is 0 Å². The molecule has 0 N–H and O–H groups in total. The average molecular weight is 75.0 g/mol. The van der Waals surface area contributed by atoms with Gasteiger partial charge in [0.15, 0.2) is 5.52 Å². The molecule has 0 aromatic rings. The van der Waals surface area contributed by atoms with Crippen LogP contribution in [0.5, 0.6) is 0 Å². The molecule has 0 amide bonds. The molecule has 0 aromatic carbocycles. The summed E-state index contributed by atoms with van der Waals surface area (Å²) in [5.41, 5.74) is -0.0278. The van der Waals surface area contributed by atoms with Gasteiger partial charge in [0.05, 0.1) is 0 Å². The van der Waals surface area contributed by atoms with Gasteiger partial charge in [0.25, 0.3) is 0 Å². The average Bonchev–Trinajstić information content (AvgIpc) is 0.811. The Kier molecular flexibility index (Phi) is 1.46. The van der Waals surface area contributed by atoms with Crippen LogP contribution in [0.25, 0.3) is 0 Å². The molecule has 0 bridgehead atoms. The Morgan fingerprint density at radius 3 is 2.00 bits per heavy atom. The Labute approximate surface area is 27.6 Å². The van der Waals surface area contributed by atoms with Gasteiger partial charge in [-0.3, -0.25) is 4.79 Å². The molecule has 0 saturated carbocycles. The lowest BCUT2D eigenvalue weighted by atomic mass is 10.9. The molecule has 0 atom stereocenters. The summed E-state index contributed by atoms with van der Waals surface area (Å²) >= 11 is 0. The molecule has 0 heterocycles. The van der Waals surface area contributed by atoms with Crippen LogP contribution in [0.1, 0.15) is 6.92 Å². The van der Waals surface area contributed by atoms with Gasteiger partial charge in [-0.25, -0.2) is 0 Å². The van der Waals surface area contributed by atoms with Gasteiger partial charge in [-0.15, -0.1) is 0 Å². The second-order valence-corrected chi connectivity index (χ2v) is 1.26. The van der Waals surface area contributed by atoms with Crippen LogP contribution in [0.15, 0.2) is 0 Å². The summed E-state index contributed by atoms with van der Waals surface area (Å²) in [4.78, 5) is 9.36. The van der Waals surface area contributed by atoms with E-state index in [0.29, 0.717) is 0 Å². The monoisotopic (exact) mass is 75.0 g/mol. The zero-order valence-electron chi connectivity index (χ0n) is 2.41. The fourth-order valence-corrected chi connectivity index (χ4v) is 0. The molecule has 0 aliphatic heterocycles. The number of carbonyl (C=O) groups is 1.